The number of nitrogens with zero attached hydrogens (tertiary/aromatic N) is 4. The van der Waals surface area contributed by atoms with E-state index in [9.17, 15) is 23.5 Å². The molecule has 0 unspecified atom stereocenters. The third-order valence-corrected chi connectivity index (χ3v) is 6.26. The number of carboxylic acids is 1. The van der Waals surface area contributed by atoms with E-state index in [1.54, 1.807) is 26.1 Å². The van der Waals surface area contributed by atoms with E-state index >= 15 is 0 Å². The third kappa shape index (κ3) is 5.42. The molecule has 184 valence electrons. The van der Waals surface area contributed by atoms with Crippen LogP contribution in [0.4, 0.5) is 13.6 Å². The quantitative estimate of drug-likeness (QED) is 0.591. The van der Waals surface area contributed by atoms with E-state index in [-0.39, 0.29) is 25.7 Å². The minimum Gasteiger partial charge on any atom is -0.489 e. The van der Waals surface area contributed by atoms with Gasteiger partial charge < -0.3 is 19.9 Å². The monoisotopic (exact) mass is 479 g/mol. The molecule has 2 aliphatic carbocycles. The van der Waals surface area contributed by atoms with Crippen molar-refractivity contribution in [3.63, 3.8) is 0 Å². The van der Waals surface area contributed by atoms with Gasteiger partial charge >= 0.3 is 12.1 Å². The number of aryl methyl sites for hydroxylation is 2. The molecule has 0 aromatic carbocycles. The summed E-state index contributed by atoms with van der Waals surface area (Å²) in [6.07, 6.45) is 1.48. The van der Waals surface area contributed by atoms with Crippen LogP contribution in [0.15, 0.2) is 12.1 Å². The maximum atomic E-state index is 12.9. The number of nitrogens with one attached hydrogen (secondary N) is 1. The summed E-state index contributed by atoms with van der Waals surface area (Å²) in [4.78, 5) is 27.8. The minimum atomic E-state index is -2.74. The van der Waals surface area contributed by atoms with Gasteiger partial charge in [0.15, 0.2) is 0 Å². The molecule has 2 heterocycles. The second-order valence-corrected chi connectivity index (χ2v) is 8.84. The summed E-state index contributed by atoms with van der Waals surface area (Å²) in [7, 11) is 1.66. The molecule has 1 amide bonds. The standard InChI is InChI=1S/C22H27F2N5O5/c1-12-18(34-15-5-3-4-13(8-15)20(30)31)7-6-16(26-12)19-17(29(2)28-27-19)10-25-21(32)33-11-14-9-22(14,23)24/h6-7,13-15H,3-5,8-11H2,1-2H3,(H,25,32)(H,30,31)/t13-,14+,15-/m0/s1. The highest BCUT2D eigenvalue weighted by Crippen LogP contribution is 2.48. The van der Waals surface area contributed by atoms with Crippen LogP contribution in [0.5, 0.6) is 5.75 Å². The Hall–Kier alpha value is -3.31. The first kappa shape index (κ1) is 23.8. The molecule has 0 bridgehead atoms. The van der Waals surface area contributed by atoms with Crippen molar-refractivity contribution in [2.24, 2.45) is 18.9 Å². The van der Waals surface area contributed by atoms with Crippen molar-refractivity contribution in [3.05, 3.63) is 23.5 Å². The van der Waals surface area contributed by atoms with Crippen LogP contribution in [0, 0.1) is 18.8 Å². The first-order valence-electron chi connectivity index (χ1n) is 11.2. The number of amides is 1. The average Bonchev–Trinajstić information content (AvgIpc) is 3.24. The number of alkyl carbamates (subject to hydrolysis) is 1. The van der Waals surface area contributed by atoms with Gasteiger partial charge in [0.1, 0.15) is 18.1 Å². The maximum Gasteiger partial charge on any atom is 0.407 e. The summed E-state index contributed by atoms with van der Waals surface area (Å²) in [6, 6.07) is 3.48. The minimum absolute atomic E-state index is 0.0242. The van der Waals surface area contributed by atoms with Gasteiger partial charge in [0, 0.05) is 13.5 Å². The van der Waals surface area contributed by atoms with E-state index in [1.165, 1.54) is 4.68 Å². The lowest BCUT2D eigenvalue weighted by Gasteiger charge is -2.27. The van der Waals surface area contributed by atoms with Crippen molar-refractivity contribution in [2.75, 3.05) is 6.61 Å². The van der Waals surface area contributed by atoms with Crippen molar-refractivity contribution in [1.29, 1.82) is 0 Å². The molecular weight excluding hydrogens is 452 g/mol. The Morgan fingerprint density at radius 3 is 2.76 bits per heavy atom. The highest BCUT2D eigenvalue weighted by atomic mass is 19.3. The molecule has 4 rings (SSSR count). The number of halogens is 2. The summed E-state index contributed by atoms with van der Waals surface area (Å²) in [6.45, 7) is 1.48. The zero-order valence-electron chi connectivity index (χ0n) is 19.0. The van der Waals surface area contributed by atoms with Crippen LogP contribution < -0.4 is 10.1 Å². The number of aliphatic carboxylic acids is 1. The summed E-state index contributed by atoms with van der Waals surface area (Å²) >= 11 is 0. The molecule has 34 heavy (non-hydrogen) atoms. The highest BCUT2D eigenvalue weighted by Gasteiger charge is 2.57. The molecule has 0 spiro atoms. The number of pyridine rings is 1. The number of hydrogen-bond acceptors (Lipinski definition) is 7. The first-order chi connectivity index (χ1) is 16.1. The second-order valence-electron chi connectivity index (χ2n) is 8.84. The summed E-state index contributed by atoms with van der Waals surface area (Å²) in [5, 5.41) is 19.9. The van der Waals surface area contributed by atoms with Crippen LogP contribution in [-0.4, -0.2) is 55.8 Å². The fraction of sp³-hybridized carbons (Fsp3) is 0.591. The van der Waals surface area contributed by atoms with Gasteiger partial charge in [0.2, 0.25) is 0 Å². The predicted octanol–water partition coefficient (Wildman–Crippen LogP) is 3.09. The van der Waals surface area contributed by atoms with Gasteiger partial charge in [-0.3, -0.25) is 4.79 Å². The van der Waals surface area contributed by atoms with Crippen molar-refractivity contribution in [2.45, 2.75) is 57.6 Å². The topological polar surface area (TPSA) is 128 Å². The Morgan fingerprint density at radius 1 is 1.32 bits per heavy atom. The predicted molar refractivity (Wildman–Crippen MR) is 114 cm³/mol. The number of aromatic nitrogens is 4. The zero-order chi connectivity index (χ0) is 24.5. The van der Waals surface area contributed by atoms with E-state index in [1.807, 2.05) is 0 Å². The maximum absolute atomic E-state index is 12.9. The lowest BCUT2D eigenvalue weighted by atomic mass is 9.87. The normalized spacial score (nSPS) is 23.2. The molecule has 2 aliphatic rings. The third-order valence-electron chi connectivity index (χ3n) is 6.26. The Kier molecular flexibility index (Phi) is 6.67. The smallest absolute Gasteiger partial charge is 0.407 e. The number of alkyl halides is 2. The zero-order valence-corrected chi connectivity index (χ0v) is 19.0. The molecule has 3 atom stereocenters. The van der Waals surface area contributed by atoms with Crippen molar-refractivity contribution < 1.29 is 33.0 Å². The molecule has 0 radical (unpaired) electrons. The van der Waals surface area contributed by atoms with E-state index < -0.39 is 29.8 Å². The number of ether oxygens (including phenoxy) is 2. The SMILES string of the molecule is Cc1nc(-c2nnn(C)c2CNC(=O)OC[C@H]2CC2(F)F)ccc1O[C@H]1CCC[C@H](C(=O)O)C1. The van der Waals surface area contributed by atoms with E-state index in [0.717, 1.165) is 12.8 Å². The summed E-state index contributed by atoms with van der Waals surface area (Å²) in [5.74, 6) is -4.27. The van der Waals surface area contributed by atoms with Crippen LogP contribution in [0.3, 0.4) is 0 Å². The highest BCUT2D eigenvalue weighted by molar-refractivity contribution is 5.70. The van der Waals surface area contributed by atoms with Gasteiger partial charge in [0.05, 0.1) is 41.6 Å². The fourth-order valence-electron chi connectivity index (χ4n) is 4.07. The Morgan fingerprint density at radius 2 is 2.09 bits per heavy atom. The van der Waals surface area contributed by atoms with E-state index in [4.69, 9.17) is 9.47 Å². The molecule has 2 aromatic heterocycles. The molecule has 2 N–H and O–H groups in total. The molecule has 2 saturated carbocycles. The number of hydrogen-bond donors (Lipinski definition) is 2. The fourth-order valence-corrected chi connectivity index (χ4v) is 4.07. The Balaban J connectivity index is 1.38. The molecular formula is C22H27F2N5O5. The Labute approximate surface area is 194 Å². The second kappa shape index (κ2) is 9.51. The van der Waals surface area contributed by atoms with Crippen molar-refractivity contribution in [1.82, 2.24) is 25.3 Å². The largest absolute Gasteiger partial charge is 0.489 e. The number of carboxylic acid groups (broad SMARTS) is 1. The summed E-state index contributed by atoms with van der Waals surface area (Å²) in [5.41, 5.74) is 2.15. The van der Waals surface area contributed by atoms with E-state index in [2.05, 4.69) is 20.6 Å². The van der Waals surface area contributed by atoms with Crippen molar-refractivity contribution >= 4 is 12.1 Å². The van der Waals surface area contributed by atoms with Crippen LogP contribution in [-0.2, 0) is 23.1 Å². The first-order valence-corrected chi connectivity index (χ1v) is 11.2. The number of rotatable bonds is 8. The molecule has 10 nitrogen and oxygen atoms in total. The molecule has 0 saturated heterocycles. The Bertz CT molecular complexity index is 1080. The lowest BCUT2D eigenvalue weighted by Crippen LogP contribution is -2.29. The van der Waals surface area contributed by atoms with Gasteiger partial charge in [-0.15, -0.1) is 5.10 Å². The molecule has 2 aromatic rings. The molecule has 2 fully saturated rings. The van der Waals surface area contributed by atoms with Crippen molar-refractivity contribution in [3.8, 4) is 17.1 Å². The number of carbonyl (C=O) groups is 2. The van der Waals surface area contributed by atoms with Crippen LogP contribution >= 0.6 is 0 Å². The van der Waals surface area contributed by atoms with Gasteiger partial charge in [-0.25, -0.2) is 23.2 Å². The average molecular weight is 479 g/mol. The van der Waals surface area contributed by atoms with Crippen LogP contribution in [0.2, 0.25) is 0 Å². The van der Waals surface area contributed by atoms with Gasteiger partial charge in [-0.2, -0.15) is 0 Å². The molecule has 0 aliphatic heterocycles. The van der Waals surface area contributed by atoms with Gasteiger partial charge in [0.25, 0.3) is 5.92 Å². The van der Waals surface area contributed by atoms with Crippen LogP contribution in [0.1, 0.15) is 43.5 Å². The van der Waals surface area contributed by atoms with E-state index in [0.29, 0.717) is 41.4 Å². The summed E-state index contributed by atoms with van der Waals surface area (Å²) < 4.78 is 38.2. The lowest BCUT2D eigenvalue weighted by molar-refractivity contribution is -0.143. The molecule has 12 heteroatoms. The van der Waals surface area contributed by atoms with Gasteiger partial charge in [-0.1, -0.05) is 5.21 Å². The van der Waals surface area contributed by atoms with Crippen LogP contribution in [0.25, 0.3) is 11.4 Å². The van der Waals surface area contributed by atoms with Gasteiger partial charge in [-0.05, 0) is 44.7 Å². The number of carbonyl (C=O) groups excluding carboxylic acids is 1.